The Labute approximate surface area is 112 Å². The topological polar surface area (TPSA) is 92.5 Å². The predicted octanol–water partition coefficient (Wildman–Crippen LogP) is 1.47. The van der Waals surface area contributed by atoms with Gasteiger partial charge in [-0.2, -0.15) is 5.10 Å². The van der Waals surface area contributed by atoms with Gasteiger partial charge in [0, 0.05) is 17.1 Å². The first-order valence-electron chi connectivity index (χ1n) is 5.63. The largest absolute Gasteiger partial charge is 0.360 e. The Bertz CT molecular complexity index is 889. The minimum absolute atomic E-state index is 0.127. The van der Waals surface area contributed by atoms with E-state index in [4.69, 9.17) is 18.1 Å². The smallest absolute Gasteiger partial charge is 0.214 e. The van der Waals surface area contributed by atoms with Gasteiger partial charge in [0.2, 0.25) is 4.77 Å². The van der Waals surface area contributed by atoms with Gasteiger partial charge in [-0.05, 0) is 31.3 Å². The Balaban J connectivity index is 2.38. The van der Waals surface area contributed by atoms with Crippen molar-refractivity contribution in [3.63, 3.8) is 0 Å². The van der Waals surface area contributed by atoms with Crippen LogP contribution >= 0.6 is 12.2 Å². The van der Waals surface area contributed by atoms with Gasteiger partial charge in [-0.15, -0.1) is 0 Å². The van der Waals surface area contributed by atoms with E-state index in [1.54, 1.807) is 6.20 Å². The molecule has 0 aliphatic rings. The fraction of sp³-hybridized carbons (Fsp3) is 0.0833. The third-order valence-corrected chi connectivity index (χ3v) is 3.27. The molecule has 0 saturated heterocycles. The summed E-state index contributed by atoms with van der Waals surface area (Å²) in [6.07, 6.45) is 1.59. The summed E-state index contributed by atoms with van der Waals surface area (Å²) in [5.41, 5.74) is 2.05. The molecule has 0 spiro atoms. The van der Waals surface area contributed by atoms with E-state index < -0.39 is 0 Å². The lowest BCUT2D eigenvalue weighted by Gasteiger charge is -2.03. The molecule has 0 fully saturated rings. The molecular weight excluding hydrogens is 262 g/mol. The molecule has 0 amide bonds. The van der Waals surface area contributed by atoms with Gasteiger partial charge in [0.15, 0.2) is 11.3 Å². The summed E-state index contributed by atoms with van der Waals surface area (Å²) in [5.74, 6) is 6.06. The lowest BCUT2D eigenvalue weighted by Crippen LogP contribution is -2.15. The van der Waals surface area contributed by atoms with Gasteiger partial charge in [0.1, 0.15) is 0 Å². The molecule has 0 aliphatic carbocycles. The first-order chi connectivity index (χ1) is 9.08. The Hall–Kier alpha value is -2.41. The minimum atomic E-state index is -0.127. The molecule has 0 saturated carbocycles. The van der Waals surface area contributed by atoms with Crippen molar-refractivity contribution in [3.05, 3.63) is 45.0 Å². The standard InChI is InChI=1S/C12H11N5OS/c1-6-2-3-9-7(4-6)10(18)8(5-14-9)11-15-16-12(19)17(11)13/h2-5H,13H2,1H3,(H,14,18)(H,16,19). The van der Waals surface area contributed by atoms with Crippen LogP contribution in [-0.2, 0) is 0 Å². The average Bonchev–Trinajstić information content (AvgIpc) is 2.72. The summed E-state index contributed by atoms with van der Waals surface area (Å²) in [5, 5.41) is 7.14. The van der Waals surface area contributed by atoms with Crippen LogP contribution in [0.2, 0.25) is 0 Å². The zero-order valence-electron chi connectivity index (χ0n) is 10.1. The molecule has 4 N–H and O–H groups in total. The number of fused-ring (bicyclic) bond motifs is 1. The van der Waals surface area contributed by atoms with Crippen LogP contribution in [0.5, 0.6) is 0 Å². The van der Waals surface area contributed by atoms with E-state index >= 15 is 0 Å². The van der Waals surface area contributed by atoms with Crippen LogP contribution in [0.15, 0.2) is 29.2 Å². The van der Waals surface area contributed by atoms with E-state index in [1.807, 2.05) is 25.1 Å². The highest BCUT2D eigenvalue weighted by molar-refractivity contribution is 7.71. The summed E-state index contributed by atoms with van der Waals surface area (Å²) in [6.45, 7) is 1.94. The zero-order chi connectivity index (χ0) is 13.6. The number of rotatable bonds is 1. The van der Waals surface area contributed by atoms with E-state index in [9.17, 15) is 4.79 Å². The molecule has 6 nitrogen and oxygen atoms in total. The van der Waals surface area contributed by atoms with Crippen molar-refractivity contribution in [2.75, 3.05) is 5.84 Å². The van der Waals surface area contributed by atoms with Gasteiger partial charge in [0.05, 0.1) is 5.56 Å². The SMILES string of the molecule is Cc1ccc2[nH]cc(-c3n[nH]c(=S)n3N)c(=O)c2c1. The molecular formula is C12H11N5OS. The number of pyridine rings is 1. The molecule has 2 heterocycles. The molecule has 7 heteroatoms. The molecule has 0 atom stereocenters. The van der Waals surface area contributed by atoms with E-state index in [2.05, 4.69) is 15.2 Å². The van der Waals surface area contributed by atoms with Crippen LogP contribution in [0.1, 0.15) is 5.56 Å². The maximum absolute atomic E-state index is 12.5. The zero-order valence-corrected chi connectivity index (χ0v) is 10.9. The number of nitrogens with two attached hydrogens (primary N) is 1. The molecule has 0 radical (unpaired) electrons. The van der Waals surface area contributed by atoms with Crippen molar-refractivity contribution < 1.29 is 0 Å². The molecule has 3 aromatic rings. The number of benzene rings is 1. The number of aromatic amines is 2. The molecule has 19 heavy (non-hydrogen) atoms. The average molecular weight is 273 g/mol. The Kier molecular flexibility index (Phi) is 2.49. The Morgan fingerprint density at radius 3 is 2.89 bits per heavy atom. The maximum Gasteiger partial charge on any atom is 0.214 e. The second-order valence-electron chi connectivity index (χ2n) is 4.30. The monoisotopic (exact) mass is 273 g/mol. The summed E-state index contributed by atoms with van der Waals surface area (Å²) in [4.78, 5) is 15.5. The third-order valence-electron chi connectivity index (χ3n) is 2.98. The van der Waals surface area contributed by atoms with Gasteiger partial charge in [-0.25, -0.2) is 9.77 Å². The van der Waals surface area contributed by atoms with Crippen LogP contribution < -0.4 is 11.3 Å². The number of nitrogens with one attached hydrogen (secondary N) is 2. The first-order valence-corrected chi connectivity index (χ1v) is 6.03. The second kappa shape index (κ2) is 4.06. The van der Waals surface area contributed by atoms with Gasteiger partial charge < -0.3 is 10.8 Å². The Morgan fingerprint density at radius 2 is 2.21 bits per heavy atom. The van der Waals surface area contributed by atoms with Crippen LogP contribution in [-0.4, -0.2) is 19.9 Å². The predicted molar refractivity (Wildman–Crippen MR) is 75.9 cm³/mol. The Morgan fingerprint density at radius 1 is 1.42 bits per heavy atom. The lowest BCUT2D eigenvalue weighted by molar-refractivity contribution is 0.982. The summed E-state index contributed by atoms with van der Waals surface area (Å²) >= 11 is 4.94. The normalized spacial score (nSPS) is 11.0. The van der Waals surface area contributed by atoms with Crippen LogP contribution in [0.3, 0.4) is 0 Å². The number of aromatic nitrogens is 4. The van der Waals surface area contributed by atoms with Crippen LogP contribution in [0.25, 0.3) is 22.3 Å². The molecule has 0 aliphatic heterocycles. The van der Waals surface area contributed by atoms with Crippen molar-refractivity contribution >= 4 is 23.1 Å². The number of aryl methyl sites for hydroxylation is 1. The lowest BCUT2D eigenvalue weighted by atomic mass is 10.1. The summed E-state index contributed by atoms with van der Waals surface area (Å²) < 4.78 is 1.44. The number of hydrogen-bond donors (Lipinski definition) is 3. The highest BCUT2D eigenvalue weighted by Crippen LogP contribution is 2.15. The molecule has 96 valence electrons. The van der Waals surface area contributed by atoms with E-state index in [0.29, 0.717) is 16.8 Å². The number of H-pyrrole nitrogens is 2. The van der Waals surface area contributed by atoms with Gasteiger partial charge >= 0.3 is 0 Å². The molecule has 0 bridgehead atoms. The van der Waals surface area contributed by atoms with E-state index in [1.165, 1.54) is 4.68 Å². The molecule has 3 rings (SSSR count). The van der Waals surface area contributed by atoms with Crippen LogP contribution in [0.4, 0.5) is 0 Å². The van der Waals surface area contributed by atoms with Crippen molar-refractivity contribution in [1.29, 1.82) is 0 Å². The molecule has 1 aromatic carbocycles. The van der Waals surface area contributed by atoms with Gasteiger partial charge in [0.25, 0.3) is 0 Å². The highest BCUT2D eigenvalue weighted by atomic mass is 32.1. The van der Waals surface area contributed by atoms with Crippen molar-refractivity contribution in [2.45, 2.75) is 6.92 Å². The van der Waals surface area contributed by atoms with E-state index in [0.717, 1.165) is 11.1 Å². The highest BCUT2D eigenvalue weighted by Gasteiger charge is 2.12. The third kappa shape index (κ3) is 1.75. The van der Waals surface area contributed by atoms with Crippen LogP contribution in [0, 0.1) is 11.7 Å². The maximum atomic E-state index is 12.5. The fourth-order valence-corrected chi connectivity index (χ4v) is 2.13. The van der Waals surface area contributed by atoms with Gasteiger partial charge in [-0.3, -0.25) is 4.79 Å². The fourth-order valence-electron chi connectivity index (χ4n) is 1.99. The number of nitrogen functional groups attached to an aromatic ring is 1. The number of nitrogens with zero attached hydrogens (tertiary/aromatic N) is 2. The van der Waals surface area contributed by atoms with Crippen molar-refractivity contribution in [2.24, 2.45) is 0 Å². The number of hydrogen-bond acceptors (Lipinski definition) is 4. The summed E-state index contributed by atoms with van der Waals surface area (Å²) in [7, 11) is 0. The second-order valence-corrected chi connectivity index (χ2v) is 4.69. The summed E-state index contributed by atoms with van der Waals surface area (Å²) in [6, 6.07) is 5.64. The van der Waals surface area contributed by atoms with Crippen molar-refractivity contribution in [1.82, 2.24) is 19.9 Å². The molecule has 2 aromatic heterocycles. The van der Waals surface area contributed by atoms with Gasteiger partial charge in [-0.1, -0.05) is 11.6 Å². The minimum Gasteiger partial charge on any atom is -0.360 e. The molecule has 0 unspecified atom stereocenters. The van der Waals surface area contributed by atoms with E-state index in [-0.39, 0.29) is 10.2 Å². The first kappa shape index (κ1) is 11.7. The quantitative estimate of drug-likeness (QED) is 0.462. The van der Waals surface area contributed by atoms with Crippen molar-refractivity contribution in [3.8, 4) is 11.4 Å².